The first-order valence-corrected chi connectivity index (χ1v) is 11.5. The van der Waals surface area contributed by atoms with Crippen LogP contribution in [0.25, 0.3) is 16.5 Å². The quantitative estimate of drug-likeness (QED) is 0.268. The van der Waals surface area contributed by atoms with E-state index in [4.69, 9.17) is 33.7 Å². The first-order chi connectivity index (χ1) is 17.3. The van der Waals surface area contributed by atoms with Crippen molar-refractivity contribution in [3.05, 3.63) is 105 Å². The maximum absolute atomic E-state index is 14.9. The van der Waals surface area contributed by atoms with Crippen molar-refractivity contribution >= 4 is 51.3 Å². The van der Waals surface area contributed by atoms with Crippen LogP contribution in [-0.2, 0) is 0 Å². The number of aryl methyl sites for hydroxylation is 1. The average molecular weight is 522 g/mol. The molecular weight excluding hydrogens is 504 g/mol. The standard InChI is InChI=1S/C26H18Cl2FN5O2/c1-14-12-15-8-10-32-25(22(15)26(35)34(14)18-5-2-16(27)3-6-18)33-17-4-7-20(19(29)13-17)36-21-9-11-31-24(30)23(21)28/h2-13H,1H3,(H2,30,31)(H,32,33). The van der Waals surface area contributed by atoms with Crippen LogP contribution in [0.15, 0.2) is 77.9 Å². The number of ether oxygens (including phenoxy) is 1. The van der Waals surface area contributed by atoms with E-state index in [1.54, 1.807) is 47.2 Å². The highest BCUT2D eigenvalue weighted by Crippen LogP contribution is 2.34. The molecule has 5 aromatic rings. The fourth-order valence-corrected chi connectivity index (χ4v) is 4.10. The van der Waals surface area contributed by atoms with Gasteiger partial charge in [-0.1, -0.05) is 23.2 Å². The molecule has 3 N–H and O–H groups in total. The third kappa shape index (κ3) is 4.44. The zero-order valence-corrected chi connectivity index (χ0v) is 20.3. The van der Waals surface area contributed by atoms with Crippen LogP contribution in [0.1, 0.15) is 5.69 Å². The third-order valence-electron chi connectivity index (χ3n) is 5.50. The highest BCUT2D eigenvalue weighted by molar-refractivity contribution is 6.34. The normalized spacial score (nSPS) is 11.0. The van der Waals surface area contributed by atoms with E-state index in [0.29, 0.717) is 33.0 Å². The van der Waals surface area contributed by atoms with Gasteiger partial charge in [0.15, 0.2) is 17.3 Å². The molecule has 3 aromatic heterocycles. The van der Waals surface area contributed by atoms with Gasteiger partial charge in [0.05, 0.1) is 5.39 Å². The molecule has 0 aliphatic carbocycles. The number of benzene rings is 2. The van der Waals surface area contributed by atoms with Crippen molar-refractivity contribution < 1.29 is 9.13 Å². The summed E-state index contributed by atoms with van der Waals surface area (Å²) in [5.74, 6) is -0.161. The van der Waals surface area contributed by atoms with Crippen LogP contribution in [0.3, 0.4) is 0 Å². The molecule has 5 rings (SSSR count). The Kier molecular flexibility index (Phi) is 6.22. The molecule has 0 fully saturated rings. The Balaban J connectivity index is 1.52. The van der Waals surface area contributed by atoms with E-state index in [-0.39, 0.29) is 27.9 Å². The molecular formula is C26H18Cl2FN5O2. The number of aromatic nitrogens is 3. The van der Waals surface area contributed by atoms with E-state index in [2.05, 4.69) is 15.3 Å². The Morgan fingerprint density at radius 1 is 0.972 bits per heavy atom. The second-order valence-corrected chi connectivity index (χ2v) is 8.72. The van der Waals surface area contributed by atoms with E-state index in [1.165, 1.54) is 24.4 Å². The lowest BCUT2D eigenvalue weighted by molar-refractivity contribution is 0.442. The van der Waals surface area contributed by atoms with Crippen LogP contribution in [0, 0.1) is 12.7 Å². The Labute approximate surface area is 214 Å². The van der Waals surface area contributed by atoms with Gasteiger partial charge in [0.25, 0.3) is 5.56 Å². The average Bonchev–Trinajstić information content (AvgIpc) is 2.84. The number of halogens is 3. The highest BCUT2D eigenvalue weighted by atomic mass is 35.5. The van der Waals surface area contributed by atoms with Gasteiger partial charge in [-0.05, 0) is 60.8 Å². The number of rotatable bonds is 5. The summed E-state index contributed by atoms with van der Waals surface area (Å²) in [7, 11) is 0. The number of nitrogens with one attached hydrogen (secondary N) is 1. The Morgan fingerprint density at radius 3 is 2.47 bits per heavy atom. The minimum atomic E-state index is -0.652. The van der Waals surface area contributed by atoms with Gasteiger partial charge in [-0.3, -0.25) is 9.36 Å². The van der Waals surface area contributed by atoms with E-state index in [0.717, 1.165) is 5.69 Å². The topological polar surface area (TPSA) is 95.1 Å². The number of hydrogen-bond acceptors (Lipinski definition) is 6. The minimum Gasteiger partial charge on any atom is -0.453 e. The molecule has 2 aromatic carbocycles. The summed E-state index contributed by atoms with van der Waals surface area (Å²) in [6.45, 7) is 1.85. The molecule has 10 heteroatoms. The lowest BCUT2D eigenvalue weighted by Crippen LogP contribution is -2.21. The second-order valence-electron chi connectivity index (χ2n) is 7.91. The van der Waals surface area contributed by atoms with Crippen molar-refractivity contribution in [1.29, 1.82) is 0 Å². The van der Waals surface area contributed by atoms with E-state index >= 15 is 0 Å². The third-order valence-corrected chi connectivity index (χ3v) is 6.13. The monoisotopic (exact) mass is 521 g/mol. The van der Waals surface area contributed by atoms with Crippen LogP contribution < -0.4 is 21.3 Å². The van der Waals surface area contributed by atoms with Crippen LogP contribution in [0.5, 0.6) is 11.5 Å². The molecule has 180 valence electrons. The molecule has 0 amide bonds. The Morgan fingerprint density at radius 2 is 1.72 bits per heavy atom. The van der Waals surface area contributed by atoms with Gasteiger partial charge in [-0.25, -0.2) is 14.4 Å². The molecule has 0 saturated heterocycles. The number of nitrogens with two attached hydrogens (primary N) is 1. The van der Waals surface area contributed by atoms with Gasteiger partial charge in [0.2, 0.25) is 0 Å². The van der Waals surface area contributed by atoms with Crippen molar-refractivity contribution in [3.63, 3.8) is 0 Å². The zero-order valence-electron chi connectivity index (χ0n) is 18.8. The van der Waals surface area contributed by atoms with Crippen molar-refractivity contribution in [3.8, 4) is 17.2 Å². The summed E-state index contributed by atoms with van der Waals surface area (Å²) in [6.07, 6.45) is 2.99. The molecule has 7 nitrogen and oxygen atoms in total. The SMILES string of the molecule is Cc1cc2ccnc(Nc3ccc(Oc4ccnc(N)c4Cl)c(F)c3)c2c(=O)n1-c1ccc(Cl)cc1. The maximum atomic E-state index is 14.9. The molecule has 0 radical (unpaired) electrons. The summed E-state index contributed by atoms with van der Waals surface area (Å²) in [5.41, 5.74) is 7.19. The van der Waals surface area contributed by atoms with Crippen molar-refractivity contribution in [2.45, 2.75) is 6.92 Å². The number of fused-ring (bicyclic) bond motifs is 1. The summed E-state index contributed by atoms with van der Waals surface area (Å²) < 4.78 is 22.0. The zero-order chi connectivity index (χ0) is 25.4. The van der Waals surface area contributed by atoms with Gasteiger partial charge in [0.1, 0.15) is 16.7 Å². The molecule has 36 heavy (non-hydrogen) atoms. The van der Waals surface area contributed by atoms with Gasteiger partial charge in [0, 0.05) is 46.6 Å². The molecule has 0 aliphatic rings. The van der Waals surface area contributed by atoms with Gasteiger partial charge in [-0.15, -0.1) is 0 Å². The number of pyridine rings is 3. The van der Waals surface area contributed by atoms with Crippen molar-refractivity contribution in [2.75, 3.05) is 11.1 Å². The predicted octanol–water partition coefficient (Wildman–Crippen LogP) is 6.65. The fourth-order valence-electron chi connectivity index (χ4n) is 3.83. The lowest BCUT2D eigenvalue weighted by Gasteiger charge is -2.15. The highest BCUT2D eigenvalue weighted by Gasteiger charge is 2.15. The summed E-state index contributed by atoms with van der Waals surface area (Å²) in [6, 6.07) is 16.4. The Hall–Kier alpha value is -4.14. The Bertz CT molecular complexity index is 1670. The number of anilines is 3. The second kappa shape index (κ2) is 9.49. The molecule has 0 atom stereocenters. The summed E-state index contributed by atoms with van der Waals surface area (Å²) in [5, 5.41) is 4.77. The first-order valence-electron chi connectivity index (χ1n) is 10.7. The summed E-state index contributed by atoms with van der Waals surface area (Å²) in [4.78, 5) is 21.8. The van der Waals surface area contributed by atoms with Crippen molar-refractivity contribution in [1.82, 2.24) is 14.5 Å². The van der Waals surface area contributed by atoms with Crippen LogP contribution in [0.2, 0.25) is 10.0 Å². The fraction of sp³-hybridized carbons (Fsp3) is 0.0385. The van der Waals surface area contributed by atoms with Crippen LogP contribution in [0.4, 0.5) is 21.7 Å². The molecule has 3 heterocycles. The largest absolute Gasteiger partial charge is 0.453 e. The van der Waals surface area contributed by atoms with Gasteiger partial charge < -0.3 is 15.8 Å². The molecule has 0 bridgehead atoms. The van der Waals surface area contributed by atoms with E-state index in [1.807, 2.05) is 13.0 Å². The number of hydrogen-bond donors (Lipinski definition) is 2. The van der Waals surface area contributed by atoms with E-state index < -0.39 is 5.82 Å². The van der Waals surface area contributed by atoms with Gasteiger partial charge in [-0.2, -0.15) is 0 Å². The number of nitrogens with zero attached hydrogens (tertiary/aromatic N) is 3. The minimum absolute atomic E-state index is 0.0559. The van der Waals surface area contributed by atoms with Gasteiger partial charge >= 0.3 is 0 Å². The molecule has 0 unspecified atom stereocenters. The van der Waals surface area contributed by atoms with E-state index in [9.17, 15) is 9.18 Å². The molecule has 0 saturated carbocycles. The maximum Gasteiger partial charge on any atom is 0.266 e. The lowest BCUT2D eigenvalue weighted by atomic mass is 10.1. The number of nitrogen functional groups attached to an aromatic ring is 1. The molecule has 0 aliphatic heterocycles. The summed E-state index contributed by atoms with van der Waals surface area (Å²) >= 11 is 12.1. The smallest absolute Gasteiger partial charge is 0.266 e. The first kappa shape index (κ1) is 23.6. The predicted molar refractivity (Wildman–Crippen MR) is 141 cm³/mol. The molecule has 0 spiro atoms. The van der Waals surface area contributed by atoms with Crippen LogP contribution >= 0.6 is 23.2 Å². The van der Waals surface area contributed by atoms with Crippen molar-refractivity contribution in [2.24, 2.45) is 0 Å². The van der Waals surface area contributed by atoms with Crippen LogP contribution in [-0.4, -0.2) is 14.5 Å².